The molecule has 0 aliphatic rings. The number of aromatic nitrogens is 2. The average Bonchev–Trinajstić information content (AvgIpc) is 3.02. The Morgan fingerprint density at radius 3 is 2.58 bits per heavy atom. The van der Waals surface area contributed by atoms with Gasteiger partial charge in [-0.15, -0.1) is 0 Å². The van der Waals surface area contributed by atoms with E-state index in [0.717, 1.165) is 11.8 Å². The summed E-state index contributed by atoms with van der Waals surface area (Å²) >= 11 is 1.12. The van der Waals surface area contributed by atoms with Gasteiger partial charge in [-0.25, -0.2) is 4.98 Å². The third-order valence-electron chi connectivity index (χ3n) is 3.34. The number of benzene rings is 2. The van der Waals surface area contributed by atoms with Gasteiger partial charge in [0, 0.05) is 30.0 Å². The van der Waals surface area contributed by atoms with E-state index in [9.17, 15) is 25.0 Å². The summed E-state index contributed by atoms with van der Waals surface area (Å²) < 4.78 is 0. The van der Waals surface area contributed by atoms with E-state index in [1.165, 1.54) is 36.4 Å². The van der Waals surface area contributed by atoms with E-state index in [-0.39, 0.29) is 23.0 Å². The first-order chi connectivity index (χ1) is 12.4. The Hall–Kier alpha value is -3.47. The molecular weight excluding hydrogens is 362 g/mol. The fourth-order valence-electron chi connectivity index (χ4n) is 2.18. The standard InChI is InChI=1S/C15H11N5O5S/c21-14(16-9-2-1-3-10(6-9)19(22)23)8-26-15-17-12-5-4-11(20(24)25)7-13(12)18-15/h1-7H,8H2,(H,16,21)(H,17,18). The number of fused-ring (bicyclic) bond motifs is 1. The van der Waals surface area contributed by atoms with Crippen LogP contribution >= 0.6 is 11.8 Å². The number of aromatic amines is 1. The van der Waals surface area contributed by atoms with Gasteiger partial charge in [0.1, 0.15) is 0 Å². The number of thioether (sulfide) groups is 1. The number of imidazole rings is 1. The summed E-state index contributed by atoms with van der Waals surface area (Å²) in [6, 6.07) is 9.88. The van der Waals surface area contributed by atoms with E-state index in [1.54, 1.807) is 6.07 Å². The van der Waals surface area contributed by atoms with Crippen molar-refractivity contribution < 1.29 is 14.6 Å². The van der Waals surface area contributed by atoms with Crippen LogP contribution in [0.1, 0.15) is 0 Å². The molecule has 0 atom stereocenters. The zero-order chi connectivity index (χ0) is 18.7. The molecule has 1 heterocycles. The van der Waals surface area contributed by atoms with Crippen LogP contribution in [0.25, 0.3) is 11.0 Å². The maximum Gasteiger partial charge on any atom is 0.271 e. The van der Waals surface area contributed by atoms with Crippen LogP contribution in [0.2, 0.25) is 0 Å². The number of hydrogen-bond donors (Lipinski definition) is 2. The molecule has 0 aliphatic heterocycles. The molecule has 0 saturated carbocycles. The molecule has 1 aromatic heterocycles. The summed E-state index contributed by atoms with van der Waals surface area (Å²) in [5, 5.41) is 24.5. The largest absolute Gasteiger partial charge is 0.333 e. The second-order valence-corrected chi connectivity index (χ2v) is 6.11. The number of carbonyl (C=O) groups excluding carboxylic acids is 1. The number of non-ortho nitro benzene ring substituents is 2. The van der Waals surface area contributed by atoms with E-state index in [0.29, 0.717) is 21.9 Å². The number of rotatable bonds is 6. The number of hydrogen-bond acceptors (Lipinski definition) is 7. The molecule has 3 rings (SSSR count). The summed E-state index contributed by atoms with van der Waals surface area (Å²) in [5.74, 6) is -0.341. The van der Waals surface area contributed by atoms with Gasteiger partial charge in [0.2, 0.25) is 5.91 Å². The second kappa shape index (κ2) is 7.19. The van der Waals surface area contributed by atoms with Crippen LogP contribution in [-0.4, -0.2) is 31.5 Å². The molecule has 2 aromatic carbocycles. The first kappa shape index (κ1) is 17.4. The smallest absolute Gasteiger partial charge is 0.271 e. The normalized spacial score (nSPS) is 10.6. The Bertz CT molecular complexity index is 1020. The topological polar surface area (TPSA) is 144 Å². The molecule has 0 saturated heterocycles. The third kappa shape index (κ3) is 3.95. The lowest BCUT2D eigenvalue weighted by Gasteiger charge is -2.03. The number of H-pyrrole nitrogens is 1. The lowest BCUT2D eigenvalue weighted by atomic mass is 10.3. The first-order valence-electron chi connectivity index (χ1n) is 7.23. The number of amides is 1. The third-order valence-corrected chi connectivity index (χ3v) is 4.21. The van der Waals surface area contributed by atoms with Crippen molar-refractivity contribution in [3.05, 3.63) is 62.7 Å². The number of nitrogens with zero attached hydrogens (tertiary/aromatic N) is 3. The average molecular weight is 373 g/mol. The van der Waals surface area contributed by atoms with E-state index in [1.807, 2.05) is 0 Å². The predicted octanol–water partition coefficient (Wildman–Crippen LogP) is 3.11. The van der Waals surface area contributed by atoms with Gasteiger partial charge in [0.15, 0.2) is 5.16 Å². The van der Waals surface area contributed by atoms with E-state index >= 15 is 0 Å². The van der Waals surface area contributed by atoms with Gasteiger partial charge in [0.05, 0.1) is 26.6 Å². The predicted molar refractivity (Wildman–Crippen MR) is 95.2 cm³/mol. The van der Waals surface area contributed by atoms with Crippen molar-refractivity contribution in [3.8, 4) is 0 Å². The molecule has 132 valence electrons. The van der Waals surface area contributed by atoms with Crippen molar-refractivity contribution in [1.82, 2.24) is 9.97 Å². The molecular formula is C15H11N5O5S. The van der Waals surface area contributed by atoms with Crippen LogP contribution in [0.15, 0.2) is 47.6 Å². The highest BCUT2D eigenvalue weighted by atomic mass is 32.2. The van der Waals surface area contributed by atoms with Gasteiger partial charge in [-0.3, -0.25) is 25.0 Å². The Balaban J connectivity index is 1.64. The fourth-order valence-corrected chi connectivity index (χ4v) is 2.87. The number of nitro benzene ring substituents is 2. The summed E-state index contributed by atoms with van der Waals surface area (Å²) in [7, 11) is 0. The summed E-state index contributed by atoms with van der Waals surface area (Å²) in [5.41, 5.74) is 1.21. The van der Waals surface area contributed by atoms with Crippen molar-refractivity contribution in [2.75, 3.05) is 11.1 Å². The Labute approximate surface area is 149 Å². The molecule has 0 unspecified atom stereocenters. The fraction of sp³-hybridized carbons (Fsp3) is 0.0667. The second-order valence-electron chi connectivity index (χ2n) is 5.14. The van der Waals surface area contributed by atoms with Crippen molar-refractivity contribution in [2.24, 2.45) is 0 Å². The maximum absolute atomic E-state index is 12.0. The molecule has 0 fully saturated rings. The summed E-state index contributed by atoms with van der Waals surface area (Å²) in [6.45, 7) is 0. The molecule has 26 heavy (non-hydrogen) atoms. The van der Waals surface area contributed by atoms with Gasteiger partial charge >= 0.3 is 0 Å². The van der Waals surface area contributed by atoms with Crippen molar-refractivity contribution in [2.45, 2.75) is 5.16 Å². The molecule has 3 aromatic rings. The maximum atomic E-state index is 12.0. The van der Waals surface area contributed by atoms with E-state index < -0.39 is 9.85 Å². The SMILES string of the molecule is O=C(CSc1nc2ccc([N+](=O)[O-])cc2[nH]1)Nc1cccc([N+](=O)[O-])c1. The zero-order valence-corrected chi connectivity index (χ0v) is 13.9. The molecule has 0 bridgehead atoms. The number of anilines is 1. The highest BCUT2D eigenvalue weighted by molar-refractivity contribution is 7.99. The quantitative estimate of drug-likeness (QED) is 0.383. The van der Waals surface area contributed by atoms with Crippen molar-refractivity contribution in [1.29, 1.82) is 0 Å². The lowest BCUT2D eigenvalue weighted by molar-refractivity contribution is -0.384. The van der Waals surface area contributed by atoms with Gasteiger partial charge in [0.25, 0.3) is 11.4 Å². The molecule has 0 spiro atoms. The van der Waals surface area contributed by atoms with Crippen LogP contribution in [0.5, 0.6) is 0 Å². The lowest BCUT2D eigenvalue weighted by Crippen LogP contribution is -2.14. The molecule has 1 amide bonds. The highest BCUT2D eigenvalue weighted by Crippen LogP contribution is 2.23. The molecule has 10 nitrogen and oxygen atoms in total. The number of nitrogens with one attached hydrogen (secondary N) is 2. The Kier molecular flexibility index (Phi) is 4.80. The number of carbonyl (C=O) groups is 1. The first-order valence-corrected chi connectivity index (χ1v) is 8.22. The van der Waals surface area contributed by atoms with Crippen LogP contribution in [0.3, 0.4) is 0 Å². The minimum atomic E-state index is -0.544. The highest BCUT2D eigenvalue weighted by Gasteiger charge is 2.12. The van der Waals surface area contributed by atoms with Gasteiger partial charge < -0.3 is 10.3 Å². The molecule has 2 N–H and O–H groups in total. The molecule has 0 aliphatic carbocycles. The summed E-state index contributed by atoms with van der Waals surface area (Å²) in [6.07, 6.45) is 0. The van der Waals surface area contributed by atoms with Gasteiger partial charge in [-0.1, -0.05) is 17.8 Å². The Morgan fingerprint density at radius 1 is 1.12 bits per heavy atom. The molecule has 0 radical (unpaired) electrons. The minimum Gasteiger partial charge on any atom is -0.333 e. The Morgan fingerprint density at radius 2 is 1.85 bits per heavy atom. The number of nitro groups is 2. The van der Waals surface area contributed by atoms with Gasteiger partial charge in [-0.2, -0.15) is 0 Å². The van der Waals surface area contributed by atoms with E-state index in [4.69, 9.17) is 0 Å². The van der Waals surface area contributed by atoms with Crippen LogP contribution in [0, 0.1) is 20.2 Å². The van der Waals surface area contributed by atoms with Gasteiger partial charge in [-0.05, 0) is 12.1 Å². The molecule has 11 heteroatoms. The van der Waals surface area contributed by atoms with Crippen molar-refractivity contribution in [3.63, 3.8) is 0 Å². The van der Waals surface area contributed by atoms with E-state index in [2.05, 4.69) is 15.3 Å². The van der Waals surface area contributed by atoms with Crippen LogP contribution in [-0.2, 0) is 4.79 Å². The van der Waals surface area contributed by atoms with Crippen LogP contribution in [0.4, 0.5) is 17.1 Å². The van der Waals surface area contributed by atoms with Crippen LogP contribution < -0.4 is 5.32 Å². The summed E-state index contributed by atoms with van der Waals surface area (Å²) in [4.78, 5) is 39.6. The monoisotopic (exact) mass is 373 g/mol. The van der Waals surface area contributed by atoms with Crippen molar-refractivity contribution >= 4 is 45.8 Å². The zero-order valence-electron chi connectivity index (χ0n) is 13.0. The minimum absolute atomic E-state index is 0.0185.